The standard InChI is InChI=1S/C17H20FN3O2/c1-12-9-20(2)17(19-12)13-7-8-21(10-13)16(22)11-23-15-6-4-3-5-14(15)18/h3-6,9,13H,7-8,10-11H2,1-2H3/t13-/m0/s1. The first-order chi connectivity index (χ1) is 11.0. The van der Waals surface area contributed by atoms with Crippen molar-refractivity contribution in [3.63, 3.8) is 0 Å². The molecule has 2 heterocycles. The quantitative estimate of drug-likeness (QED) is 0.869. The SMILES string of the molecule is Cc1cn(C)c([C@H]2CCN(C(=O)COc3ccccc3F)C2)n1. The van der Waals surface area contributed by atoms with Gasteiger partial charge in [0.15, 0.2) is 18.2 Å². The van der Waals surface area contributed by atoms with Crippen molar-refractivity contribution in [3.8, 4) is 5.75 Å². The van der Waals surface area contributed by atoms with Gasteiger partial charge in [0.25, 0.3) is 5.91 Å². The summed E-state index contributed by atoms with van der Waals surface area (Å²) in [5, 5.41) is 0. The van der Waals surface area contributed by atoms with Gasteiger partial charge in [0.1, 0.15) is 5.82 Å². The topological polar surface area (TPSA) is 47.4 Å². The van der Waals surface area contributed by atoms with Gasteiger partial charge < -0.3 is 14.2 Å². The number of amides is 1. The molecule has 2 aromatic rings. The third-order valence-corrected chi connectivity index (χ3v) is 4.13. The molecule has 0 saturated carbocycles. The Balaban J connectivity index is 1.57. The Morgan fingerprint density at radius 1 is 1.43 bits per heavy atom. The molecule has 0 unspecified atom stereocenters. The maximum atomic E-state index is 13.5. The highest BCUT2D eigenvalue weighted by molar-refractivity contribution is 5.78. The number of carbonyl (C=O) groups is 1. The van der Waals surface area contributed by atoms with E-state index in [2.05, 4.69) is 4.98 Å². The lowest BCUT2D eigenvalue weighted by atomic mass is 10.1. The minimum Gasteiger partial charge on any atom is -0.481 e. The molecule has 23 heavy (non-hydrogen) atoms. The maximum absolute atomic E-state index is 13.5. The van der Waals surface area contributed by atoms with Crippen molar-refractivity contribution < 1.29 is 13.9 Å². The van der Waals surface area contributed by atoms with E-state index in [1.807, 2.05) is 24.7 Å². The average Bonchev–Trinajstić information content (AvgIpc) is 3.12. The van der Waals surface area contributed by atoms with Crippen molar-refractivity contribution in [1.29, 1.82) is 0 Å². The Kier molecular flexibility index (Phi) is 4.32. The number of rotatable bonds is 4. The van der Waals surface area contributed by atoms with Crippen molar-refractivity contribution >= 4 is 5.91 Å². The number of likely N-dealkylation sites (tertiary alicyclic amines) is 1. The summed E-state index contributed by atoms with van der Waals surface area (Å²) in [5.41, 5.74) is 0.982. The fraction of sp³-hybridized carbons (Fsp3) is 0.412. The highest BCUT2D eigenvalue weighted by Crippen LogP contribution is 2.26. The van der Waals surface area contributed by atoms with Crippen LogP contribution in [0.4, 0.5) is 4.39 Å². The molecule has 6 heteroatoms. The molecule has 0 aliphatic carbocycles. The number of imidazole rings is 1. The molecule has 122 valence electrons. The molecule has 3 rings (SSSR count). The van der Waals surface area contributed by atoms with E-state index in [9.17, 15) is 9.18 Å². The number of hydrogen-bond donors (Lipinski definition) is 0. The van der Waals surface area contributed by atoms with E-state index < -0.39 is 5.82 Å². The van der Waals surface area contributed by atoms with Crippen LogP contribution in [0.15, 0.2) is 30.5 Å². The minimum atomic E-state index is -0.455. The second-order valence-corrected chi connectivity index (χ2v) is 5.90. The molecular formula is C17H20FN3O2. The normalized spacial score (nSPS) is 17.5. The molecule has 0 N–H and O–H groups in total. The molecule has 1 amide bonds. The van der Waals surface area contributed by atoms with Crippen LogP contribution >= 0.6 is 0 Å². The summed E-state index contributed by atoms with van der Waals surface area (Å²) >= 11 is 0. The zero-order valence-electron chi connectivity index (χ0n) is 13.3. The van der Waals surface area contributed by atoms with Gasteiger partial charge in [0.05, 0.1) is 5.69 Å². The third kappa shape index (κ3) is 3.36. The smallest absolute Gasteiger partial charge is 0.260 e. The first-order valence-electron chi connectivity index (χ1n) is 7.69. The van der Waals surface area contributed by atoms with Gasteiger partial charge >= 0.3 is 0 Å². The molecule has 1 aromatic heterocycles. The van der Waals surface area contributed by atoms with E-state index in [-0.39, 0.29) is 24.2 Å². The second-order valence-electron chi connectivity index (χ2n) is 5.90. The fourth-order valence-corrected chi connectivity index (χ4v) is 3.00. The number of aryl methyl sites for hydroxylation is 2. The summed E-state index contributed by atoms with van der Waals surface area (Å²) in [6.45, 7) is 3.12. The highest BCUT2D eigenvalue weighted by Gasteiger charge is 2.30. The number of halogens is 1. The van der Waals surface area contributed by atoms with Crippen molar-refractivity contribution in [2.24, 2.45) is 7.05 Å². The van der Waals surface area contributed by atoms with Gasteiger partial charge in [-0.3, -0.25) is 4.79 Å². The lowest BCUT2D eigenvalue weighted by molar-refractivity contribution is -0.132. The van der Waals surface area contributed by atoms with E-state index in [0.717, 1.165) is 17.9 Å². The van der Waals surface area contributed by atoms with Gasteiger partial charge in [0, 0.05) is 32.3 Å². The number of aromatic nitrogens is 2. The molecule has 1 aliphatic heterocycles. The Morgan fingerprint density at radius 3 is 2.91 bits per heavy atom. The highest BCUT2D eigenvalue weighted by atomic mass is 19.1. The summed E-state index contributed by atoms with van der Waals surface area (Å²) in [4.78, 5) is 18.5. The molecule has 0 spiro atoms. The van der Waals surface area contributed by atoms with Crippen LogP contribution in [0.5, 0.6) is 5.75 Å². The number of para-hydroxylation sites is 1. The van der Waals surface area contributed by atoms with E-state index in [1.165, 1.54) is 12.1 Å². The summed E-state index contributed by atoms with van der Waals surface area (Å²) in [6, 6.07) is 6.10. The number of nitrogens with zero attached hydrogens (tertiary/aromatic N) is 3. The van der Waals surface area contributed by atoms with Crippen LogP contribution in [-0.4, -0.2) is 40.1 Å². The van der Waals surface area contributed by atoms with Crippen molar-refractivity contribution in [1.82, 2.24) is 14.5 Å². The minimum absolute atomic E-state index is 0.108. The summed E-state index contributed by atoms with van der Waals surface area (Å²) in [6.07, 6.45) is 2.87. The van der Waals surface area contributed by atoms with Crippen LogP contribution in [-0.2, 0) is 11.8 Å². The molecule has 0 radical (unpaired) electrons. The summed E-state index contributed by atoms with van der Waals surface area (Å²) in [5.74, 6) is 0.778. The molecule has 1 saturated heterocycles. The average molecular weight is 317 g/mol. The predicted molar refractivity (Wildman–Crippen MR) is 83.8 cm³/mol. The van der Waals surface area contributed by atoms with Crippen LogP contribution in [0.25, 0.3) is 0 Å². The van der Waals surface area contributed by atoms with E-state index >= 15 is 0 Å². The molecule has 1 fully saturated rings. The summed E-state index contributed by atoms with van der Waals surface area (Å²) in [7, 11) is 1.97. The maximum Gasteiger partial charge on any atom is 0.260 e. The number of carbonyl (C=O) groups excluding carboxylic acids is 1. The molecule has 1 aliphatic rings. The van der Waals surface area contributed by atoms with Crippen LogP contribution in [0.2, 0.25) is 0 Å². The second kappa shape index (κ2) is 6.40. The van der Waals surface area contributed by atoms with Crippen LogP contribution < -0.4 is 4.74 Å². The van der Waals surface area contributed by atoms with Crippen molar-refractivity contribution in [3.05, 3.63) is 47.8 Å². The Morgan fingerprint density at radius 2 is 2.22 bits per heavy atom. The van der Waals surface area contributed by atoms with Gasteiger partial charge in [-0.25, -0.2) is 9.37 Å². The first kappa shape index (κ1) is 15.5. The Bertz CT molecular complexity index is 714. The van der Waals surface area contributed by atoms with Gasteiger partial charge in [0.2, 0.25) is 0 Å². The molecule has 5 nitrogen and oxygen atoms in total. The number of ether oxygens (including phenoxy) is 1. The van der Waals surface area contributed by atoms with Gasteiger partial charge in [-0.1, -0.05) is 12.1 Å². The Hall–Kier alpha value is -2.37. The van der Waals surface area contributed by atoms with Crippen LogP contribution in [0.1, 0.15) is 23.9 Å². The number of benzene rings is 1. The third-order valence-electron chi connectivity index (χ3n) is 4.13. The van der Waals surface area contributed by atoms with Gasteiger partial charge in [-0.05, 0) is 25.5 Å². The van der Waals surface area contributed by atoms with E-state index in [0.29, 0.717) is 13.1 Å². The molecule has 1 aromatic carbocycles. The fourth-order valence-electron chi connectivity index (χ4n) is 3.00. The first-order valence-corrected chi connectivity index (χ1v) is 7.69. The molecule has 0 bridgehead atoms. The zero-order valence-corrected chi connectivity index (χ0v) is 13.3. The lowest BCUT2D eigenvalue weighted by Gasteiger charge is -2.17. The Labute approximate surface area is 134 Å². The monoisotopic (exact) mass is 317 g/mol. The molecule has 1 atom stereocenters. The predicted octanol–water partition coefficient (Wildman–Crippen LogP) is 2.26. The summed E-state index contributed by atoms with van der Waals surface area (Å²) < 4.78 is 20.8. The number of hydrogen-bond acceptors (Lipinski definition) is 3. The van der Waals surface area contributed by atoms with Crippen LogP contribution in [0.3, 0.4) is 0 Å². The molecular weight excluding hydrogens is 297 g/mol. The van der Waals surface area contributed by atoms with E-state index in [4.69, 9.17) is 4.74 Å². The van der Waals surface area contributed by atoms with E-state index in [1.54, 1.807) is 17.0 Å². The lowest BCUT2D eigenvalue weighted by Crippen LogP contribution is -2.33. The van der Waals surface area contributed by atoms with Crippen LogP contribution in [0, 0.1) is 12.7 Å². The van der Waals surface area contributed by atoms with Gasteiger partial charge in [-0.2, -0.15) is 0 Å². The largest absolute Gasteiger partial charge is 0.481 e. The van der Waals surface area contributed by atoms with Gasteiger partial charge in [-0.15, -0.1) is 0 Å². The van der Waals surface area contributed by atoms with Crippen molar-refractivity contribution in [2.45, 2.75) is 19.3 Å². The van der Waals surface area contributed by atoms with Crippen molar-refractivity contribution in [2.75, 3.05) is 19.7 Å². The zero-order chi connectivity index (χ0) is 16.4.